The van der Waals surface area contributed by atoms with Gasteiger partial charge in [0.25, 0.3) is 6.71 Å². The smallest absolute Gasteiger partial charge is 0.252 e. The molecule has 2 heterocycles. The number of fused-ring (bicyclic) bond motifs is 13. The number of hydrogen-bond acceptors (Lipinski definition) is 2. The van der Waals surface area contributed by atoms with E-state index in [1.54, 1.807) is 0 Å². The molecule has 2 nitrogen and oxygen atoms in total. The molecule has 0 aromatic heterocycles. The van der Waals surface area contributed by atoms with Crippen LogP contribution in [0.2, 0.25) is 0 Å². The molecule has 0 amide bonds. The predicted octanol–water partition coefficient (Wildman–Crippen LogP) is 17.7. The first-order valence-electron chi connectivity index (χ1n) is 26.7. The molecule has 0 atom stereocenters. The van der Waals surface area contributed by atoms with E-state index in [0.717, 1.165) is 11.4 Å². The lowest BCUT2D eigenvalue weighted by molar-refractivity contribution is 0.660. The molecule has 16 rings (SSSR count). The van der Waals surface area contributed by atoms with Crippen molar-refractivity contribution in [1.29, 1.82) is 0 Å². The Labute approximate surface area is 443 Å². The highest BCUT2D eigenvalue weighted by atomic mass is 15.2. The van der Waals surface area contributed by atoms with Gasteiger partial charge in [-0.2, -0.15) is 0 Å². The Morgan fingerprint density at radius 1 is 0.289 bits per heavy atom. The fourth-order valence-corrected chi connectivity index (χ4v) is 13.5. The second-order valence-corrected chi connectivity index (χ2v) is 21.6. The molecule has 0 saturated carbocycles. The fourth-order valence-electron chi connectivity index (χ4n) is 13.5. The van der Waals surface area contributed by atoms with Gasteiger partial charge in [-0.25, -0.2) is 0 Å². The second-order valence-electron chi connectivity index (χ2n) is 21.6. The quantitative estimate of drug-likeness (QED) is 0.125. The number of benzene rings is 13. The molecular weight excluding hydrogens is 916 g/mol. The SMILES string of the molecule is CC1(C)c2ccccc2-c2cc(-c3cc4c5c(c3)N(c3ccc(-c6ccccc6)cc3)c3cc6c(ccc7ccccc76)cc3B5c3cc5ccc6ccccc6c5cc3N4c3ccc(-c4ccccc4)cc3)ccc21. The maximum absolute atomic E-state index is 2.59. The molecule has 0 fully saturated rings. The van der Waals surface area contributed by atoms with Crippen LogP contribution in [0.1, 0.15) is 25.0 Å². The molecule has 3 aliphatic rings. The zero-order valence-electron chi connectivity index (χ0n) is 42.3. The minimum absolute atomic E-state index is 0.0804. The van der Waals surface area contributed by atoms with E-state index in [1.165, 1.54) is 138 Å². The summed E-state index contributed by atoms with van der Waals surface area (Å²) in [5.41, 5.74) is 23.4. The molecular formula is C73H49BN2. The molecule has 354 valence electrons. The highest BCUT2D eigenvalue weighted by Gasteiger charge is 2.44. The molecule has 0 saturated heterocycles. The zero-order valence-corrected chi connectivity index (χ0v) is 42.3. The lowest BCUT2D eigenvalue weighted by atomic mass is 9.33. The van der Waals surface area contributed by atoms with Gasteiger partial charge in [-0.1, -0.05) is 220 Å². The molecule has 0 radical (unpaired) electrons. The lowest BCUT2D eigenvalue weighted by Crippen LogP contribution is -2.61. The van der Waals surface area contributed by atoms with Gasteiger partial charge in [0.1, 0.15) is 0 Å². The molecule has 13 aromatic rings. The Morgan fingerprint density at radius 3 is 1.26 bits per heavy atom. The van der Waals surface area contributed by atoms with Gasteiger partial charge < -0.3 is 9.80 Å². The van der Waals surface area contributed by atoms with Gasteiger partial charge in [-0.15, -0.1) is 0 Å². The van der Waals surface area contributed by atoms with Crippen molar-refractivity contribution in [3.8, 4) is 44.5 Å². The van der Waals surface area contributed by atoms with Crippen molar-refractivity contribution in [2.45, 2.75) is 19.3 Å². The first kappa shape index (κ1) is 43.0. The first-order valence-corrected chi connectivity index (χ1v) is 26.7. The Bertz CT molecular complexity index is 4310. The highest BCUT2D eigenvalue weighted by molar-refractivity contribution is 7.00. The standard InChI is InChI=1S/C73H49BN2/c1-73(2)64-24-14-13-23-60(64)63-39-52(33-38-65(63)73)55-42-70-72-71(43-55)76(57-36-31-49(32-37-57)47-17-7-4-8-18-47)69-45-62-54(28-26-51-20-10-12-22-59(51)62)41-67(69)74(72)66-40-53-27-25-50-19-9-11-21-58(50)61(53)44-68(66)75(70)56-34-29-48(30-35-56)46-15-5-3-6-16-46/h3-45H,1-2H3. The first-order chi connectivity index (χ1) is 37.4. The van der Waals surface area contributed by atoms with Crippen LogP contribution in [0, 0.1) is 0 Å². The summed E-state index contributed by atoms with van der Waals surface area (Å²) in [5.74, 6) is 0. The molecule has 76 heavy (non-hydrogen) atoms. The van der Waals surface area contributed by atoms with Gasteiger partial charge in [0, 0.05) is 39.5 Å². The van der Waals surface area contributed by atoms with Gasteiger partial charge >= 0.3 is 0 Å². The molecule has 2 aliphatic heterocycles. The van der Waals surface area contributed by atoms with E-state index in [9.17, 15) is 0 Å². The van der Waals surface area contributed by atoms with Crippen molar-refractivity contribution in [3.05, 3.63) is 272 Å². The third kappa shape index (κ3) is 6.36. The molecule has 0 unspecified atom stereocenters. The topological polar surface area (TPSA) is 6.48 Å². The Hall–Kier alpha value is -9.44. The average Bonchev–Trinajstić information content (AvgIpc) is 3.78. The zero-order chi connectivity index (χ0) is 50.2. The van der Waals surface area contributed by atoms with E-state index in [1.807, 2.05) is 0 Å². The van der Waals surface area contributed by atoms with Crippen LogP contribution < -0.4 is 26.2 Å². The van der Waals surface area contributed by atoms with E-state index in [0.29, 0.717) is 0 Å². The van der Waals surface area contributed by atoms with E-state index in [2.05, 4.69) is 285 Å². The second kappa shape index (κ2) is 16.3. The van der Waals surface area contributed by atoms with Gasteiger partial charge in [-0.05, 0) is 170 Å². The van der Waals surface area contributed by atoms with Crippen molar-refractivity contribution in [2.75, 3.05) is 9.80 Å². The summed E-state index contributed by atoms with van der Waals surface area (Å²) in [7, 11) is 0. The normalized spacial score (nSPS) is 13.7. The Morgan fingerprint density at radius 2 is 0.724 bits per heavy atom. The van der Waals surface area contributed by atoms with Crippen LogP contribution in [-0.4, -0.2) is 6.71 Å². The van der Waals surface area contributed by atoms with Crippen LogP contribution in [0.25, 0.3) is 87.6 Å². The molecule has 3 heteroatoms. The van der Waals surface area contributed by atoms with Gasteiger partial charge in [0.2, 0.25) is 0 Å². The lowest BCUT2D eigenvalue weighted by Gasteiger charge is -2.45. The van der Waals surface area contributed by atoms with Gasteiger partial charge in [0.15, 0.2) is 0 Å². The van der Waals surface area contributed by atoms with Crippen molar-refractivity contribution < 1.29 is 0 Å². The van der Waals surface area contributed by atoms with Crippen molar-refractivity contribution >= 4 is 100 Å². The third-order valence-corrected chi connectivity index (χ3v) is 17.2. The minimum atomic E-state index is -0.0989. The summed E-state index contributed by atoms with van der Waals surface area (Å²) in [6, 6.07) is 98.3. The van der Waals surface area contributed by atoms with Gasteiger partial charge in [-0.3, -0.25) is 0 Å². The molecule has 0 N–H and O–H groups in total. The Kier molecular flexibility index (Phi) is 9.21. The number of rotatable bonds is 5. The van der Waals surface area contributed by atoms with Crippen LogP contribution >= 0.6 is 0 Å². The van der Waals surface area contributed by atoms with Gasteiger partial charge in [0.05, 0.1) is 0 Å². The molecule has 13 aromatic carbocycles. The monoisotopic (exact) mass is 964 g/mol. The van der Waals surface area contributed by atoms with E-state index in [-0.39, 0.29) is 12.1 Å². The van der Waals surface area contributed by atoms with Crippen molar-refractivity contribution in [1.82, 2.24) is 0 Å². The fraction of sp³-hybridized carbons (Fsp3) is 0.0411. The predicted molar refractivity (Wildman–Crippen MR) is 324 cm³/mol. The maximum atomic E-state index is 2.59. The summed E-state index contributed by atoms with van der Waals surface area (Å²) in [4.78, 5) is 5.18. The summed E-state index contributed by atoms with van der Waals surface area (Å²) in [6.45, 7) is 4.66. The van der Waals surface area contributed by atoms with Crippen molar-refractivity contribution in [3.63, 3.8) is 0 Å². The maximum Gasteiger partial charge on any atom is 0.252 e. The van der Waals surface area contributed by atoms with Crippen molar-refractivity contribution in [2.24, 2.45) is 0 Å². The van der Waals surface area contributed by atoms with E-state index < -0.39 is 0 Å². The molecule has 0 bridgehead atoms. The third-order valence-electron chi connectivity index (χ3n) is 17.2. The average molecular weight is 965 g/mol. The minimum Gasteiger partial charge on any atom is -0.311 e. The van der Waals surface area contributed by atoms with E-state index in [4.69, 9.17) is 0 Å². The number of hydrogen-bond donors (Lipinski definition) is 0. The highest BCUT2D eigenvalue weighted by Crippen LogP contribution is 2.52. The molecule has 0 spiro atoms. The summed E-state index contributed by atoms with van der Waals surface area (Å²) < 4.78 is 0. The van der Waals surface area contributed by atoms with Crippen LogP contribution in [0.5, 0.6) is 0 Å². The Balaban J connectivity index is 1.02. The van der Waals surface area contributed by atoms with Crippen LogP contribution in [-0.2, 0) is 5.41 Å². The number of nitrogens with zero attached hydrogens (tertiary/aromatic N) is 2. The summed E-state index contributed by atoms with van der Waals surface area (Å²) >= 11 is 0. The van der Waals surface area contributed by atoms with Crippen LogP contribution in [0.15, 0.2) is 261 Å². The summed E-state index contributed by atoms with van der Waals surface area (Å²) in [5, 5.41) is 10.00. The van der Waals surface area contributed by atoms with Crippen LogP contribution in [0.4, 0.5) is 34.1 Å². The van der Waals surface area contributed by atoms with Crippen LogP contribution in [0.3, 0.4) is 0 Å². The summed E-state index contributed by atoms with van der Waals surface area (Å²) in [6.07, 6.45) is 0. The number of anilines is 6. The van der Waals surface area contributed by atoms with E-state index >= 15 is 0 Å². The largest absolute Gasteiger partial charge is 0.311 e. The molecule has 1 aliphatic carbocycles.